The quantitative estimate of drug-likeness (QED) is 0.505. The van der Waals surface area contributed by atoms with Crippen LogP contribution in [0.25, 0.3) is 10.4 Å². The smallest absolute Gasteiger partial charge is 0.279 e. The first kappa shape index (κ1) is 16.7. The summed E-state index contributed by atoms with van der Waals surface area (Å²) in [6, 6.07) is 8.99. The summed E-state index contributed by atoms with van der Waals surface area (Å²) in [4.78, 5) is 2.28. The Morgan fingerprint density at radius 1 is 1.04 bits per heavy atom. The summed E-state index contributed by atoms with van der Waals surface area (Å²) in [5.41, 5.74) is 6.80. The number of halogens is 3. The van der Waals surface area contributed by atoms with E-state index in [1.807, 2.05) is 4.72 Å². The summed E-state index contributed by atoms with van der Waals surface area (Å²) < 4.78 is 64.9. The van der Waals surface area contributed by atoms with Gasteiger partial charge in [-0.3, -0.25) is 4.72 Å². The molecule has 0 aromatic heterocycles. The van der Waals surface area contributed by atoms with E-state index in [4.69, 9.17) is 5.53 Å². The number of nitrogens with zero attached hydrogens (tertiary/aromatic N) is 3. The van der Waals surface area contributed by atoms with Gasteiger partial charge in [-0.05, 0) is 29.8 Å². The van der Waals surface area contributed by atoms with Gasteiger partial charge in [-0.25, -0.2) is 8.42 Å². The van der Waals surface area contributed by atoms with Crippen molar-refractivity contribution in [3.8, 4) is 0 Å². The Balaban J connectivity index is 2.37. The van der Waals surface area contributed by atoms with E-state index in [9.17, 15) is 21.6 Å². The molecule has 0 aliphatic heterocycles. The number of para-hydroxylation sites is 1. The number of hydrogen-bond donors (Lipinski definition) is 1. The number of anilines is 1. The fourth-order valence-electron chi connectivity index (χ4n) is 1.77. The van der Waals surface area contributed by atoms with Crippen LogP contribution in [-0.4, -0.2) is 8.42 Å². The van der Waals surface area contributed by atoms with E-state index in [1.165, 1.54) is 18.2 Å². The van der Waals surface area contributed by atoms with Crippen molar-refractivity contribution in [2.75, 3.05) is 4.72 Å². The van der Waals surface area contributed by atoms with E-state index in [2.05, 4.69) is 10.0 Å². The Bertz CT molecular complexity index is 858. The molecule has 120 valence electrons. The molecule has 6 nitrogen and oxygen atoms in total. The van der Waals surface area contributed by atoms with Crippen LogP contribution in [-0.2, 0) is 16.2 Å². The van der Waals surface area contributed by atoms with Crippen LogP contribution >= 0.6 is 0 Å². The molecular weight excluding hydrogens is 333 g/mol. The summed E-state index contributed by atoms with van der Waals surface area (Å²) in [6.45, 7) is 0. The fourth-order valence-corrected chi connectivity index (χ4v) is 2.85. The SMILES string of the molecule is [N-]=[N+]=Nc1ccc(S(=O)(=O)Nc2ccccc2C(F)(F)F)cc1. The molecule has 0 aliphatic rings. The Hall–Kier alpha value is -2.71. The number of alkyl halides is 3. The van der Waals surface area contributed by atoms with Gasteiger partial charge in [0.05, 0.1) is 16.1 Å². The number of nitrogens with one attached hydrogen (secondary N) is 1. The maximum atomic E-state index is 12.9. The second kappa shape index (κ2) is 6.19. The minimum absolute atomic E-state index is 0.183. The lowest BCUT2D eigenvalue weighted by Crippen LogP contribution is -2.17. The van der Waals surface area contributed by atoms with Crippen LogP contribution in [0.2, 0.25) is 0 Å². The van der Waals surface area contributed by atoms with Crippen molar-refractivity contribution in [2.24, 2.45) is 5.11 Å². The third-order valence-electron chi connectivity index (χ3n) is 2.78. The normalized spacial score (nSPS) is 11.6. The van der Waals surface area contributed by atoms with Crippen LogP contribution in [0.5, 0.6) is 0 Å². The van der Waals surface area contributed by atoms with Crippen molar-refractivity contribution in [3.63, 3.8) is 0 Å². The van der Waals surface area contributed by atoms with Gasteiger partial charge >= 0.3 is 6.18 Å². The Kier molecular flexibility index (Phi) is 4.48. The molecular formula is C13H9F3N4O2S. The molecule has 0 unspecified atom stereocenters. The van der Waals surface area contributed by atoms with Crippen LogP contribution < -0.4 is 4.72 Å². The summed E-state index contributed by atoms with van der Waals surface area (Å²) >= 11 is 0. The van der Waals surface area contributed by atoms with Gasteiger partial charge in [0.15, 0.2) is 0 Å². The van der Waals surface area contributed by atoms with Crippen LogP contribution in [0, 0.1) is 0 Å². The monoisotopic (exact) mass is 342 g/mol. The molecule has 10 heteroatoms. The molecule has 2 rings (SSSR count). The Labute approximate surface area is 129 Å². The second-order valence-electron chi connectivity index (χ2n) is 4.33. The van der Waals surface area contributed by atoms with Gasteiger partial charge < -0.3 is 0 Å². The largest absolute Gasteiger partial charge is 0.418 e. The lowest BCUT2D eigenvalue weighted by Gasteiger charge is -2.14. The minimum atomic E-state index is -4.69. The minimum Gasteiger partial charge on any atom is -0.279 e. The zero-order valence-electron chi connectivity index (χ0n) is 11.3. The third kappa shape index (κ3) is 3.93. The maximum Gasteiger partial charge on any atom is 0.418 e. The molecule has 0 fully saturated rings. The van der Waals surface area contributed by atoms with Gasteiger partial charge in [0.2, 0.25) is 0 Å². The van der Waals surface area contributed by atoms with E-state index in [1.54, 1.807) is 0 Å². The average molecular weight is 342 g/mol. The summed E-state index contributed by atoms with van der Waals surface area (Å²) in [5, 5.41) is 3.28. The zero-order valence-corrected chi connectivity index (χ0v) is 12.1. The predicted octanol–water partition coefficient (Wildman–Crippen LogP) is 4.45. The van der Waals surface area contributed by atoms with Crippen LogP contribution in [0.3, 0.4) is 0 Å². The van der Waals surface area contributed by atoms with Crippen molar-refractivity contribution >= 4 is 21.4 Å². The first-order valence-corrected chi connectivity index (χ1v) is 7.56. The van der Waals surface area contributed by atoms with Gasteiger partial charge in [-0.1, -0.05) is 29.4 Å². The van der Waals surface area contributed by atoms with E-state index in [0.717, 1.165) is 30.3 Å². The van der Waals surface area contributed by atoms with Crippen LogP contribution in [0.1, 0.15) is 5.56 Å². The molecule has 0 amide bonds. The highest BCUT2D eigenvalue weighted by atomic mass is 32.2. The first-order chi connectivity index (χ1) is 10.7. The number of sulfonamides is 1. The first-order valence-electron chi connectivity index (χ1n) is 6.08. The third-order valence-corrected chi connectivity index (χ3v) is 4.17. The maximum absolute atomic E-state index is 12.9. The van der Waals surface area contributed by atoms with E-state index < -0.39 is 27.5 Å². The summed E-state index contributed by atoms with van der Waals surface area (Å²) in [7, 11) is -4.21. The molecule has 0 heterocycles. The number of benzene rings is 2. The van der Waals surface area contributed by atoms with Crippen LogP contribution in [0.4, 0.5) is 24.5 Å². The van der Waals surface area contributed by atoms with Crippen molar-refractivity contribution < 1.29 is 21.6 Å². The zero-order chi connectivity index (χ0) is 17.1. The lowest BCUT2D eigenvalue weighted by atomic mass is 10.2. The highest BCUT2D eigenvalue weighted by molar-refractivity contribution is 7.92. The average Bonchev–Trinajstić information content (AvgIpc) is 2.47. The van der Waals surface area contributed by atoms with E-state index >= 15 is 0 Å². The Morgan fingerprint density at radius 2 is 1.65 bits per heavy atom. The Morgan fingerprint density at radius 3 is 2.22 bits per heavy atom. The number of hydrogen-bond acceptors (Lipinski definition) is 3. The molecule has 0 saturated carbocycles. The summed E-state index contributed by atoms with van der Waals surface area (Å²) in [6.07, 6.45) is -4.69. The second-order valence-corrected chi connectivity index (χ2v) is 6.01. The molecule has 0 bridgehead atoms. The van der Waals surface area contributed by atoms with Crippen molar-refractivity contribution in [3.05, 3.63) is 64.5 Å². The van der Waals surface area contributed by atoms with Gasteiger partial charge in [-0.2, -0.15) is 13.2 Å². The van der Waals surface area contributed by atoms with Crippen molar-refractivity contribution in [1.82, 2.24) is 0 Å². The molecule has 0 radical (unpaired) electrons. The van der Waals surface area contributed by atoms with Crippen LogP contribution in [0.15, 0.2) is 58.5 Å². The highest BCUT2D eigenvalue weighted by Crippen LogP contribution is 2.35. The highest BCUT2D eigenvalue weighted by Gasteiger charge is 2.34. The standard InChI is InChI=1S/C13H9F3N4O2S/c14-13(15,16)11-3-1-2-4-12(11)19-23(21,22)10-7-5-9(6-8-10)18-20-17/h1-8,19H. The molecule has 0 spiro atoms. The molecule has 1 N–H and O–H groups in total. The molecule has 23 heavy (non-hydrogen) atoms. The molecule has 0 saturated heterocycles. The van der Waals surface area contributed by atoms with Gasteiger partial charge in [0.25, 0.3) is 10.0 Å². The van der Waals surface area contributed by atoms with Crippen molar-refractivity contribution in [1.29, 1.82) is 0 Å². The molecule has 2 aromatic rings. The van der Waals surface area contributed by atoms with Crippen molar-refractivity contribution in [2.45, 2.75) is 11.1 Å². The lowest BCUT2D eigenvalue weighted by molar-refractivity contribution is -0.136. The van der Waals surface area contributed by atoms with Gasteiger partial charge in [-0.15, -0.1) is 0 Å². The number of azide groups is 1. The fraction of sp³-hybridized carbons (Fsp3) is 0.0769. The number of rotatable bonds is 4. The topological polar surface area (TPSA) is 94.9 Å². The predicted molar refractivity (Wildman–Crippen MR) is 77.5 cm³/mol. The molecule has 2 aromatic carbocycles. The molecule has 0 aliphatic carbocycles. The van der Waals surface area contributed by atoms with E-state index in [0.29, 0.717) is 0 Å². The van der Waals surface area contributed by atoms with Gasteiger partial charge in [0, 0.05) is 10.6 Å². The summed E-state index contributed by atoms with van der Waals surface area (Å²) in [5.74, 6) is 0. The van der Waals surface area contributed by atoms with E-state index in [-0.39, 0.29) is 10.6 Å². The van der Waals surface area contributed by atoms with Gasteiger partial charge in [0.1, 0.15) is 0 Å². The molecule has 0 atom stereocenters.